The summed E-state index contributed by atoms with van der Waals surface area (Å²) in [5.74, 6) is 0.333. The molecule has 1 aromatic rings. The maximum absolute atomic E-state index is 5.36. The predicted molar refractivity (Wildman–Crippen MR) is 43.8 cm³/mol. The summed E-state index contributed by atoms with van der Waals surface area (Å²) in [5, 5.41) is 0.728. The van der Waals surface area contributed by atoms with E-state index in [9.17, 15) is 0 Å². The van der Waals surface area contributed by atoms with Gasteiger partial charge in [-0.25, -0.2) is 9.97 Å². The molecule has 54 valence electrons. The zero-order valence-electron chi connectivity index (χ0n) is 5.63. The molecule has 0 bridgehead atoms. The first-order chi connectivity index (χ1) is 4.74. The van der Waals surface area contributed by atoms with E-state index in [4.69, 9.17) is 5.73 Å². The van der Waals surface area contributed by atoms with Gasteiger partial charge in [0.2, 0.25) is 5.95 Å². The number of nitrogens with zero attached hydrogens (tertiary/aromatic N) is 2. The third kappa shape index (κ3) is 1.44. The molecule has 1 heterocycles. The Bertz CT molecular complexity index is 236. The summed E-state index contributed by atoms with van der Waals surface area (Å²) in [6.45, 7) is 1.95. The van der Waals surface area contributed by atoms with E-state index in [1.54, 1.807) is 6.20 Å². The largest absolute Gasteiger partial charge is 0.368 e. The van der Waals surface area contributed by atoms with E-state index in [1.165, 1.54) is 0 Å². The van der Waals surface area contributed by atoms with Gasteiger partial charge in [0, 0.05) is 11.5 Å². The minimum absolute atomic E-state index is 0.333. The minimum atomic E-state index is 0.333. The molecule has 0 saturated heterocycles. The molecule has 10 heavy (non-hydrogen) atoms. The maximum atomic E-state index is 5.36. The molecular weight excluding hydrogens is 194 g/mol. The summed E-state index contributed by atoms with van der Waals surface area (Å²) in [6.07, 6.45) is 1.72. The standard InChI is InChI=1S/C6H8BrN3/c1-4-3-9-6(8)10-5(4)2-7/h3H,2H2,1H3,(H2,8,9,10). The first kappa shape index (κ1) is 7.47. The molecule has 0 fully saturated rings. The lowest BCUT2D eigenvalue weighted by Crippen LogP contribution is -1.99. The molecule has 0 spiro atoms. The van der Waals surface area contributed by atoms with Gasteiger partial charge in [-0.2, -0.15) is 0 Å². The Morgan fingerprint density at radius 2 is 2.40 bits per heavy atom. The van der Waals surface area contributed by atoms with Gasteiger partial charge in [0.05, 0.1) is 5.69 Å². The van der Waals surface area contributed by atoms with Crippen LogP contribution < -0.4 is 5.73 Å². The van der Waals surface area contributed by atoms with Crippen LogP contribution in [0.1, 0.15) is 11.3 Å². The molecule has 0 aliphatic carbocycles. The molecule has 1 aromatic heterocycles. The number of rotatable bonds is 1. The fourth-order valence-electron chi connectivity index (χ4n) is 0.628. The molecule has 0 atom stereocenters. The average Bonchev–Trinajstić information content (AvgIpc) is 1.94. The lowest BCUT2D eigenvalue weighted by molar-refractivity contribution is 1.07. The van der Waals surface area contributed by atoms with E-state index in [1.807, 2.05) is 6.92 Å². The fraction of sp³-hybridized carbons (Fsp3) is 0.333. The molecule has 0 amide bonds. The molecule has 0 aromatic carbocycles. The molecule has 0 unspecified atom stereocenters. The van der Waals surface area contributed by atoms with Gasteiger partial charge in [0.15, 0.2) is 0 Å². The topological polar surface area (TPSA) is 51.8 Å². The molecule has 0 aliphatic heterocycles. The average molecular weight is 202 g/mol. The summed E-state index contributed by atoms with van der Waals surface area (Å²) >= 11 is 3.30. The van der Waals surface area contributed by atoms with Gasteiger partial charge in [-0.15, -0.1) is 0 Å². The predicted octanol–water partition coefficient (Wildman–Crippen LogP) is 1.26. The van der Waals surface area contributed by atoms with Crippen molar-refractivity contribution >= 4 is 21.9 Å². The zero-order valence-corrected chi connectivity index (χ0v) is 7.22. The van der Waals surface area contributed by atoms with E-state index < -0.39 is 0 Å². The number of anilines is 1. The van der Waals surface area contributed by atoms with Crippen molar-refractivity contribution in [3.63, 3.8) is 0 Å². The van der Waals surface area contributed by atoms with Crippen LogP contribution in [0.25, 0.3) is 0 Å². The van der Waals surface area contributed by atoms with E-state index >= 15 is 0 Å². The fourth-order valence-corrected chi connectivity index (χ4v) is 1.20. The smallest absolute Gasteiger partial charge is 0.220 e. The maximum Gasteiger partial charge on any atom is 0.220 e. The van der Waals surface area contributed by atoms with Crippen molar-refractivity contribution in [2.75, 3.05) is 5.73 Å². The number of aryl methyl sites for hydroxylation is 1. The van der Waals surface area contributed by atoms with Gasteiger partial charge in [0.25, 0.3) is 0 Å². The van der Waals surface area contributed by atoms with Crippen LogP contribution in [-0.4, -0.2) is 9.97 Å². The number of halogens is 1. The van der Waals surface area contributed by atoms with Gasteiger partial charge in [0.1, 0.15) is 0 Å². The number of alkyl halides is 1. The van der Waals surface area contributed by atoms with Gasteiger partial charge >= 0.3 is 0 Å². The second kappa shape index (κ2) is 2.96. The van der Waals surface area contributed by atoms with Crippen LogP contribution in [0.3, 0.4) is 0 Å². The number of hydrogen-bond acceptors (Lipinski definition) is 3. The monoisotopic (exact) mass is 201 g/mol. The molecular formula is C6H8BrN3. The lowest BCUT2D eigenvalue weighted by Gasteiger charge is -1.99. The highest BCUT2D eigenvalue weighted by Crippen LogP contribution is 2.07. The van der Waals surface area contributed by atoms with Crippen LogP contribution in [-0.2, 0) is 5.33 Å². The summed E-state index contributed by atoms with van der Waals surface area (Å²) in [6, 6.07) is 0. The summed E-state index contributed by atoms with van der Waals surface area (Å²) < 4.78 is 0. The van der Waals surface area contributed by atoms with E-state index in [0.717, 1.165) is 16.6 Å². The van der Waals surface area contributed by atoms with Crippen molar-refractivity contribution in [2.45, 2.75) is 12.3 Å². The summed E-state index contributed by atoms with van der Waals surface area (Å²) in [4.78, 5) is 7.84. The Kier molecular flexibility index (Phi) is 2.21. The third-order valence-corrected chi connectivity index (χ3v) is 1.75. The Balaban J connectivity index is 3.09. The van der Waals surface area contributed by atoms with E-state index in [0.29, 0.717) is 5.95 Å². The van der Waals surface area contributed by atoms with E-state index in [-0.39, 0.29) is 0 Å². The van der Waals surface area contributed by atoms with E-state index in [2.05, 4.69) is 25.9 Å². The van der Waals surface area contributed by atoms with Crippen molar-refractivity contribution < 1.29 is 0 Å². The number of nitrogens with two attached hydrogens (primary N) is 1. The lowest BCUT2D eigenvalue weighted by atomic mass is 10.3. The number of hydrogen-bond donors (Lipinski definition) is 1. The molecule has 3 nitrogen and oxygen atoms in total. The van der Waals surface area contributed by atoms with Gasteiger partial charge in [-0.05, 0) is 12.5 Å². The quantitative estimate of drug-likeness (QED) is 0.697. The van der Waals surface area contributed by atoms with Gasteiger partial charge < -0.3 is 5.73 Å². The van der Waals surface area contributed by atoms with Crippen molar-refractivity contribution in [3.8, 4) is 0 Å². The van der Waals surface area contributed by atoms with Crippen LogP contribution in [0.15, 0.2) is 6.20 Å². The van der Waals surface area contributed by atoms with Crippen LogP contribution in [0.2, 0.25) is 0 Å². The van der Waals surface area contributed by atoms with Crippen LogP contribution in [0, 0.1) is 6.92 Å². The van der Waals surface area contributed by atoms with Crippen molar-refractivity contribution in [1.29, 1.82) is 0 Å². The van der Waals surface area contributed by atoms with Crippen LogP contribution >= 0.6 is 15.9 Å². The highest BCUT2D eigenvalue weighted by molar-refractivity contribution is 9.08. The van der Waals surface area contributed by atoms with Crippen molar-refractivity contribution in [2.24, 2.45) is 0 Å². The Morgan fingerprint density at radius 3 is 2.90 bits per heavy atom. The molecule has 0 radical (unpaired) electrons. The number of nitrogen functional groups attached to an aromatic ring is 1. The highest BCUT2D eigenvalue weighted by Gasteiger charge is 1.97. The van der Waals surface area contributed by atoms with Gasteiger partial charge in [-0.1, -0.05) is 15.9 Å². The third-order valence-electron chi connectivity index (χ3n) is 1.22. The van der Waals surface area contributed by atoms with Crippen molar-refractivity contribution in [1.82, 2.24) is 9.97 Å². The second-order valence-corrected chi connectivity index (χ2v) is 2.55. The molecule has 0 aliphatic rings. The van der Waals surface area contributed by atoms with Gasteiger partial charge in [-0.3, -0.25) is 0 Å². The SMILES string of the molecule is Cc1cnc(N)nc1CBr. The summed E-state index contributed by atoms with van der Waals surface area (Å²) in [7, 11) is 0. The Labute approximate surface area is 67.8 Å². The van der Waals surface area contributed by atoms with Crippen LogP contribution in [0.4, 0.5) is 5.95 Å². The molecule has 2 N–H and O–H groups in total. The Hall–Kier alpha value is -0.640. The zero-order chi connectivity index (χ0) is 7.56. The normalized spacial score (nSPS) is 9.80. The first-order valence-electron chi connectivity index (χ1n) is 2.88. The minimum Gasteiger partial charge on any atom is -0.368 e. The molecule has 4 heteroatoms. The number of aromatic nitrogens is 2. The molecule has 1 rings (SSSR count). The molecule has 0 saturated carbocycles. The highest BCUT2D eigenvalue weighted by atomic mass is 79.9. The van der Waals surface area contributed by atoms with Crippen LogP contribution in [0.5, 0.6) is 0 Å². The second-order valence-electron chi connectivity index (χ2n) is 1.99. The summed E-state index contributed by atoms with van der Waals surface area (Å²) in [5.41, 5.74) is 7.37. The first-order valence-corrected chi connectivity index (χ1v) is 4.00. The van der Waals surface area contributed by atoms with Crippen molar-refractivity contribution in [3.05, 3.63) is 17.5 Å². The Morgan fingerprint density at radius 1 is 1.70 bits per heavy atom.